The molecule has 0 aliphatic rings. The topological polar surface area (TPSA) is 55.6 Å². The van der Waals surface area contributed by atoms with Crippen LogP contribution in [0.3, 0.4) is 0 Å². The molecule has 0 aromatic heterocycles. The molecule has 4 heteroatoms. The highest BCUT2D eigenvalue weighted by atomic mass is 16.5. The Labute approximate surface area is 92.8 Å². The molecule has 0 saturated carbocycles. The number of rotatable bonds is 7. The van der Waals surface area contributed by atoms with Crippen molar-refractivity contribution < 1.29 is 9.53 Å². The van der Waals surface area contributed by atoms with Gasteiger partial charge in [-0.05, 0) is 25.4 Å². The Morgan fingerprint density at radius 2 is 2.00 bits per heavy atom. The predicted molar refractivity (Wildman–Crippen MR) is 61.6 cm³/mol. The van der Waals surface area contributed by atoms with E-state index in [9.17, 15) is 4.79 Å². The molecular formula is C11H24N2O2. The number of esters is 1. The van der Waals surface area contributed by atoms with Gasteiger partial charge in [-0.25, -0.2) is 0 Å². The Kier molecular flexibility index (Phi) is 6.52. The van der Waals surface area contributed by atoms with Gasteiger partial charge in [0.1, 0.15) is 0 Å². The van der Waals surface area contributed by atoms with Crippen molar-refractivity contribution in [1.82, 2.24) is 4.90 Å². The fraction of sp³-hybridized carbons (Fsp3) is 0.909. The second-order valence-corrected chi connectivity index (χ2v) is 4.48. The van der Waals surface area contributed by atoms with Crippen molar-refractivity contribution in [2.45, 2.75) is 27.7 Å². The molecule has 90 valence electrons. The zero-order valence-corrected chi connectivity index (χ0v) is 10.4. The number of nitrogens with zero attached hydrogens (tertiary/aromatic N) is 1. The van der Waals surface area contributed by atoms with Crippen molar-refractivity contribution in [2.75, 3.05) is 32.8 Å². The zero-order valence-electron chi connectivity index (χ0n) is 10.4. The van der Waals surface area contributed by atoms with Gasteiger partial charge in [-0.1, -0.05) is 20.8 Å². The second-order valence-electron chi connectivity index (χ2n) is 4.48. The lowest BCUT2D eigenvalue weighted by Gasteiger charge is -2.30. The van der Waals surface area contributed by atoms with Gasteiger partial charge in [0.05, 0.1) is 13.2 Å². The quantitative estimate of drug-likeness (QED) is 0.641. The van der Waals surface area contributed by atoms with E-state index in [0.29, 0.717) is 19.7 Å². The van der Waals surface area contributed by atoms with Crippen LogP contribution in [-0.4, -0.2) is 43.7 Å². The van der Waals surface area contributed by atoms with Crippen molar-refractivity contribution in [3.8, 4) is 0 Å². The largest absolute Gasteiger partial charge is 0.465 e. The number of likely N-dealkylation sites (N-methyl/N-ethyl adjacent to an activating group) is 1. The van der Waals surface area contributed by atoms with Gasteiger partial charge in [0.2, 0.25) is 0 Å². The first kappa shape index (κ1) is 14.4. The van der Waals surface area contributed by atoms with Crippen LogP contribution in [0.4, 0.5) is 0 Å². The van der Waals surface area contributed by atoms with Crippen LogP contribution >= 0.6 is 0 Å². The molecule has 0 rings (SSSR count). The molecule has 4 nitrogen and oxygen atoms in total. The van der Waals surface area contributed by atoms with Crippen LogP contribution in [0, 0.1) is 5.41 Å². The van der Waals surface area contributed by atoms with Crippen molar-refractivity contribution in [3.05, 3.63) is 0 Å². The van der Waals surface area contributed by atoms with Crippen molar-refractivity contribution in [3.63, 3.8) is 0 Å². The van der Waals surface area contributed by atoms with Gasteiger partial charge in [0.15, 0.2) is 0 Å². The summed E-state index contributed by atoms with van der Waals surface area (Å²) in [5.41, 5.74) is 5.70. The highest BCUT2D eigenvalue weighted by molar-refractivity contribution is 5.71. The molecule has 0 aromatic rings. The normalized spacial score (nSPS) is 11.9. The number of hydrogen-bond donors (Lipinski definition) is 1. The number of carbonyl (C=O) groups excluding carboxylic acids is 1. The molecule has 15 heavy (non-hydrogen) atoms. The van der Waals surface area contributed by atoms with Crippen LogP contribution in [0.5, 0.6) is 0 Å². The van der Waals surface area contributed by atoms with E-state index >= 15 is 0 Å². The van der Waals surface area contributed by atoms with E-state index in [-0.39, 0.29) is 11.4 Å². The average molecular weight is 216 g/mol. The summed E-state index contributed by atoms with van der Waals surface area (Å²) in [6, 6.07) is 0. The number of carbonyl (C=O) groups is 1. The highest BCUT2D eigenvalue weighted by Gasteiger charge is 2.21. The molecule has 0 heterocycles. The molecule has 0 saturated heterocycles. The molecule has 0 aliphatic heterocycles. The first-order valence-corrected chi connectivity index (χ1v) is 5.53. The maximum absolute atomic E-state index is 11.3. The summed E-state index contributed by atoms with van der Waals surface area (Å²) in [6.07, 6.45) is 0. The number of nitrogens with two attached hydrogens (primary N) is 1. The Morgan fingerprint density at radius 3 is 2.40 bits per heavy atom. The summed E-state index contributed by atoms with van der Waals surface area (Å²) in [6.45, 7) is 11.1. The van der Waals surface area contributed by atoms with E-state index in [1.54, 1.807) is 0 Å². The van der Waals surface area contributed by atoms with Crippen LogP contribution in [0.1, 0.15) is 27.7 Å². The van der Waals surface area contributed by atoms with E-state index in [1.165, 1.54) is 0 Å². The van der Waals surface area contributed by atoms with Gasteiger partial charge < -0.3 is 10.5 Å². The minimum Gasteiger partial charge on any atom is -0.465 e. The molecule has 0 amide bonds. The minimum atomic E-state index is -0.160. The standard InChI is InChI=1S/C11H24N2O2/c1-5-13(7-10(14)15-6-2)9-11(3,4)8-12/h5-9,12H2,1-4H3. The van der Waals surface area contributed by atoms with Crippen LogP contribution < -0.4 is 5.73 Å². The second kappa shape index (κ2) is 6.80. The lowest BCUT2D eigenvalue weighted by atomic mass is 9.93. The molecule has 0 spiro atoms. The van der Waals surface area contributed by atoms with Crippen molar-refractivity contribution in [1.29, 1.82) is 0 Å². The van der Waals surface area contributed by atoms with E-state index in [4.69, 9.17) is 10.5 Å². The summed E-state index contributed by atoms with van der Waals surface area (Å²) in [5.74, 6) is -0.160. The van der Waals surface area contributed by atoms with E-state index < -0.39 is 0 Å². The van der Waals surface area contributed by atoms with Gasteiger partial charge in [-0.3, -0.25) is 9.69 Å². The molecular weight excluding hydrogens is 192 g/mol. The van der Waals surface area contributed by atoms with Gasteiger partial charge in [-0.15, -0.1) is 0 Å². The van der Waals surface area contributed by atoms with Crippen LogP contribution in [0.25, 0.3) is 0 Å². The van der Waals surface area contributed by atoms with Crippen LogP contribution in [-0.2, 0) is 9.53 Å². The SMILES string of the molecule is CCOC(=O)CN(CC)CC(C)(C)CN. The van der Waals surface area contributed by atoms with Crippen molar-refractivity contribution in [2.24, 2.45) is 11.1 Å². The lowest BCUT2D eigenvalue weighted by Crippen LogP contribution is -2.41. The fourth-order valence-corrected chi connectivity index (χ4v) is 1.34. The smallest absolute Gasteiger partial charge is 0.320 e. The average Bonchev–Trinajstić information content (AvgIpc) is 2.17. The van der Waals surface area contributed by atoms with Gasteiger partial charge in [0, 0.05) is 6.54 Å². The van der Waals surface area contributed by atoms with E-state index in [2.05, 4.69) is 18.7 Å². The predicted octanol–water partition coefficient (Wildman–Crippen LogP) is 0.856. The first-order valence-electron chi connectivity index (χ1n) is 5.53. The third-order valence-electron chi connectivity index (χ3n) is 2.31. The third-order valence-corrected chi connectivity index (χ3v) is 2.31. The van der Waals surface area contributed by atoms with Crippen molar-refractivity contribution >= 4 is 5.97 Å². The maximum atomic E-state index is 11.3. The molecule has 0 atom stereocenters. The summed E-state index contributed by atoms with van der Waals surface area (Å²) in [5, 5.41) is 0. The Balaban J connectivity index is 4.08. The first-order chi connectivity index (χ1) is 6.95. The third kappa shape index (κ3) is 6.47. The van der Waals surface area contributed by atoms with E-state index in [1.807, 2.05) is 13.8 Å². The van der Waals surface area contributed by atoms with Crippen LogP contribution in [0.2, 0.25) is 0 Å². The number of ether oxygens (including phenoxy) is 1. The highest BCUT2D eigenvalue weighted by Crippen LogP contribution is 2.14. The van der Waals surface area contributed by atoms with Crippen LogP contribution in [0.15, 0.2) is 0 Å². The molecule has 0 unspecified atom stereocenters. The summed E-state index contributed by atoms with van der Waals surface area (Å²) in [7, 11) is 0. The van der Waals surface area contributed by atoms with Gasteiger partial charge >= 0.3 is 5.97 Å². The van der Waals surface area contributed by atoms with Gasteiger partial charge in [-0.2, -0.15) is 0 Å². The summed E-state index contributed by atoms with van der Waals surface area (Å²) in [4.78, 5) is 13.4. The summed E-state index contributed by atoms with van der Waals surface area (Å²) >= 11 is 0. The minimum absolute atomic E-state index is 0.0442. The lowest BCUT2D eigenvalue weighted by molar-refractivity contribution is -0.144. The zero-order chi connectivity index (χ0) is 11.9. The molecule has 0 radical (unpaired) electrons. The monoisotopic (exact) mass is 216 g/mol. The Morgan fingerprint density at radius 1 is 1.40 bits per heavy atom. The molecule has 0 aliphatic carbocycles. The molecule has 0 aromatic carbocycles. The van der Waals surface area contributed by atoms with E-state index in [0.717, 1.165) is 13.1 Å². The molecule has 0 fully saturated rings. The summed E-state index contributed by atoms with van der Waals surface area (Å²) < 4.78 is 4.91. The van der Waals surface area contributed by atoms with Gasteiger partial charge in [0.25, 0.3) is 0 Å². The molecule has 2 N–H and O–H groups in total. The Bertz CT molecular complexity index is 193. The fourth-order valence-electron chi connectivity index (χ4n) is 1.34. The molecule has 0 bridgehead atoms. The maximum Gasteiger partial charge on any atom is 0.320 e. The number of hydrogen-bond acceptors (Lipinski definition) is 4. The Hall–Kier alpha value is -0.610.